The first kappa shape index (κ1) is 18.0. The second kappa shape index (κ2) is 6.99. The summed E-state index contributed by atoms with van der Waals surface area (Å²) in [6.07, 6.45) is -1.58. The molecule has 2 unspecified atom stereocenters. The third-order valence-electron chi connectivity index (χ3n) is 4.50. The van der Waals surface area contributed by atoms with Crippen molar-refractivity contribution in [2.75, 3.05) is 0 Å². The Morgan fingerprint density at radius 2 is 1.82 bits per heavy atom. The van der Waals surface area contributed by atoms with Crippen molar-refractivity contribution in [3.05, 3.63) is 60.4 Å². The monoisotopic (exact) mass is 388 g/mol. The van der Waals surface area contributed by atoms with Crippen LogP contribution in [0.3, 0.4) is 0 Å². The standard InChI is InChI=1S/C19H15F3N4O2/c20-19(21,22)28-15-7-5-14(6-8-15)26-10-23-18(25-26)13-3-1-12(2-4-13)16-9-17(16)24-11-27/h1-8,10-11,16-17H,9H2,(H,24,27). The number of nitrogens with one attached hydrogen (secondary N) is 1. The van der Waals surface area contributed by atoms with Crippen molar-refractivity contribution in [3.63, 3.8) is 0 Å². The summed E-state index contributed by atoms with van der Waals surface area (Å²) in [5, 5.41) is 7.15. The molecule has 1 saturated carbocycles. The van der Waals surface area contributed by atoms with Crippen molar-refractivity contribution in [2.45, 2.75) is 24.7 Å². The quantitative estimate of drug-likeness (QED) is 0.657. The van der Waals surface area contributed by atoms with Gasteiger partial charge in [0.1, 0.15) is 12.1 Å². The number of amides is 1. The first-order valence-electron chi connectivity index (χ1n) is 8.51. The molecule has 0 saturated heterocycles. The fourth-order valence-electron chi connectivity index (χ4n) is 3.03. The topological polar surface area (TPSA) is 69.0 Å². The van der Waals surface area contributed by atoms with Crippen LogP contribution >= 0.6 is 0 Å². The largest absolute Gasteiger partial charge is 0.573 e. The normalized spacial score (nSPS) is 18.5. The SMILES string of the molecule is O=CNC1CC1c1ccc(-c2ncn(-c3ccc(OC(F)(F)F)cc3)n2)cc1. The molecule has 1 aromatic heterocycles. The predicted octanol–water partition coefficient (Wildman–Crippen LogP) is 3.43. The van der Waals surface area contributed by atoms with Crippen LogP contribution < -0.4 is 10.1 Å². The van der Waals surface area contributed by atoms with Crippen LogP contribution in [0.4, 0.5) is 13.2 Å². The molecule has 0 bridgehead atoms. The molecule has 1 fully saturated rings. The first-order valence-corrected chi connectivity index (χ1v) is 8.51. The Morgan fingerprint density at radius 3 is 2.46 bits per heavy atom. The third-order valence-corrected chi connectivity index (χ3v) is 4.50. The van der Waals surface area contributed by atoms with E-state index in [0.29, 0.717) is 17.4 Å². The third kappa shape index (κ3) is 3.98. The zero-order valence-electron chi connectivity index (χ0n) is 14.4. The van der Waals surface area contributed by atoms with Gasteiger partial charge in [-0.2, -0.15) is 0 Å². The van der Waals surface area contributed by atoms with Crippen molar-refractivity contribution in [3.8, 4) is 22.8 Å². The van der Waals surface area contributed by atoms with Gasteiger partial charge in [0.25, 0.3) is 0 Å². The van der Waals surface area contributed by atoms with Crippen molar-refractivity contribution in [2.24, 2.45) is 0 Å². The fraction of sp³-hybridized carbons (Fsp3) is 0.211. The molecular formula is C19H15F3N4O2. The summed E-state index contributed by atoms with van der Waals surface area (Å²) in [4.78, 5) is 14.7. The molecule has 0 aliphatic heterocycles. The average molecular weight is 388 g/mol. The first-order chi connectivity index (χ1) is 13.4. The number of alkyl halides is 3. The minimum Gasteiger partial charge on any atom is -0.406 e. The Labute approximate surface area is 158 Å². The van der Waals surface area contributed by atoms with Gasteiger partial charge in [-0.15, -0.1) is 18.3 Å². The smallest absolute Gasteiger partial charge is 0.406 e. The number of rotatable bonds is 6. The highest BCUT2D eigenvalue weighted by atomic mass is 19.4. The van der Waals surface area contributed by atoms with E-state index in [1.807, 2.05) is 24.3 Å². The summed E-state index contributed by atoms with van der Waals surface area (Å²) in [5.74, 6) is 0.539. The second-order valence-corrected chi connectivity index (χ2v) is 6.41. The molecule has 4 rings (SSSR count). The molecule has 28 heavy (non-hydrogen) atoms. The van der Waals surface area contributed by atoms with Crippen LogP contribution in [0.15, 0.2) is 54.9 Å². The van der Waals surface area contributed by atoms with Gasteiger partial charge in [0.15, 0.2) is 5.82 Å². The lowest BCUT2D eigenvalue weighted by molar-refractivity contribution is -0.274. The lowest BCUT2D eigenvalue weighted by atomic mass is 10.1. The lowest BCUT2D eigenvalue weighted by Crippen LogP contribution is -2.17. The van der Waals surface area contributed by atoms with E-state index in [4.69, 9.17) is 0 Å². The van der Waals surface area contributed by atoms with E-state index in [9.17, 15) is 18.0 Å². The van der Waals surface area contributed by atoms with Crippen molar-refractivity contribution < 1.29 is 22.7 Å². The molecule has 144 valence electrons. The lowest BCUT2D eigenvalue weighted by Gasteiger charge is -2.09. The van der Waals surface area contributed by atoms with Crippen molar-refractivity contribution in [1.29, 1.82) is 0 Å². The maximum atomic E-state index is 12.2. The molecule has 1 N–H and O–H groups in total. The Hall–Kier alpha value is -3.36. The number of hydrogen-bond acceptors (Lipinski definition) is 4. The molecule has 3 aromatic rings. The van der Waals surface area contributed by atoms with Crippen LogP contribution in [0.5, 0.6) is 5.75 Å². The van der Waals surface area contributed by atoms with Crippen molar-refractivity contribution in [1.82, 2.24) is 20.1 Å². The van der Waals surface area contributed by atoms with E-state index in [0.717, 1.165) is 24.0 Å². The summed E-state index contributed by atoms with van der Waals surface area (Å²) in [6.45, 7) is 0. The highest BCUT2D eigenvalue weighted by Crippen LogP contribution is 2.40. The van der Waals surface area contributed by atoms with Gasteiger partial charge in [-0.1, -0.05) is 24.3 Å². The number of halogens is 3. The Balaban J connectivity index is 1.46. The molecule has 1 aliphatic carbocycles. The second-order valence-electron chi connectivity index (χ2n) is 6.41. The summed E-state index contributed by atoms with van der Waals surface area (Å²) in [6, 6.07) is 13.4. The molecule has 0 radical (unpaired) electrons. The molecule has 0 spiro atoms. The zero-order valence-corrected chi connectivity index (χ0v) is 14.4. The molecular weight excluding hydrogens is 373 g/mol. The van der Waals surface area contributed by atoms with Gasteiger partial charge in [-0.3, -0.25) is 4.79 Å². The number of aromatic nitrogens is 3. The Morgan fingerprint density at radius 1 is 1.11 bits per heavy atom. The average Bonchev–Trinajstić information content (AvgIpc) is 3.25. The Kier molecular flexibility index (Phi) is 4.50. The van der Waals surface area contributed by atoms with Crippen LogP contribution in [0.2, 0.25) is 0 Å². The highest BCUT2D eigenvalue weighted by Gasteiger charge is 2.37. The number of benzene rings is 2. The maximum absolute atomic E-state index is 12.2. The molecule has 1 amide bonds. The molecule has 2 atom stereocenters. The summed E-state index contributed by atoms with van der Waals surface area (Å²) < 4.78 is 42.0. The van der Waals surface area contributed by atoms with E-state index in [1.54, 1.807) is 0 Å². The van der Waals surface area contributed by atoms with Crippen molar-refractivity contribution >= 4 is 6.41 Å². The predicted molar refractivity (Wildman–Crippen MR) is 93.8 cm³/mol. The maximum Gasteiger partial charge on any atom is 0.573 e. The van der Waals surface area contributed by atoms with Gasteiger partial charge in [0.05, 0.1) is 5.69 Å². The van der Waals surface area contributed by atoms with Gasteiger partial charge >= 0.3 is 6.36 Å². The zero-order chi connectivity index (χ0) is 19.7. The van der Waals surface area contributed by atoms with E-state index < -0.39 is 6.36 Å². The fourth-order valence-corrected chi connectivity index (χ4v) is 3.03. The van der Waals surface area contributed by atoms with Gasteiger partial charge in [-0.25, -0.2) is 9.67 Å². The summed E-state index contributed by atoms with van der Waals surface area (Å²) >= 11 is 0. The minimum absolute atomic E-state index is 0.199. The van der Waals surface area contributed by atoms with Crippen LogP contribution in [-0.4, -0.2) is 33.6 Å². The number of carbonyl (C=O) groups excluding carboxylic acids is 1. The van der Waals surface area contributed by atoms with Crippen LogP contribution in [0.1, 0.15) is 17.9 Å². The Bertz CT molecular complexity index is 968. The number of hydrogen-bond donors (Lipinski definition) is 1. The number of carbonyl (C=O) groups is 1. The minimum atomic E-state index is -4.72. The van der Waals surface area contributed by atoms with Gasteiger partial charge in [0.2, 0.25) is 6.41 Å². The summed E-state index contributed by atoms with van der Waals surface area (Å²) in [5.41, 5.74) is 2.52. The van der Waals surface area contributed by atoms with Gasteiger partial charge in [0, 0.05) is 17.5 Å². The van der Waals surface area contributed by atoms with E-state index in [1.165, 1.54) is 35.3 Å². The molecule has 2 aromatic carbocycles. The van der Waals surface area contributed by atoms with E-state index >= 15 is 0 Å². The molecule has 1 aliphatic rings. The molecule has 6 nitrogen and oxygen atoms in total. The summed E-state index contributed by atoms with van der Waals surface area (Å²) in [7, 11) is 0. The van der Waals surface area contributed by atoms with E-state index in [2.05, 4.69) is 20.1 Å². The molecule has 1 heterocycles. The van der Waals surface area contributed by atoms with Crippen LogP contribution in [0.25, 0.3) is 17.1 Å². The van der Waals surface area contributed by atoms with E-state index in [-0.39, 0.29) is 11.8 Å². The number of nitrogens with zero attached hydrogens (tertiary/aromatic N) is 3. The molecule has 9 heteroatoms. The van der Waals surface area contributed by atoms with Gasteiger partial charge < -0.3 is 10.1 Å². The highest BCUT2D eigenvalue weighted by molar-refractivity contribution is 5.56. The number of ether oxygens (including phenoxy) is 1. The van der Waals surface area contributed by atoms with Crippen LogP contribution in [-0.2, 0) is 4.79 Å². The van der Waals surface area contributed by atoms with Gasteiger partial charge in [-0.05, 0) is 36.2 Å². The van der Waals surface area contributed by atoms with Crippen LogP contribution in [0, 0.1) is 0 Å².